The number of aromatic amines is 1. The summed E-state index contributed by atoms with van der Waals surface area (Å²) in [5.74, 6) is -0.272. The van der Waals surface area contributed by atoms with Crippen LogP contribution in [-0.4, -0.2) is 16.6 Å². The molecule has 1 rings (SSSR count). The monoisotopic (exact) mass is 180 g/mol. The van der Waals surface area contributed by atoms with E-state index in [1.807, 2.05) is 0 Å². The van der Waals surface area contributed by atoms with E-state index in [4.69, 9.17) is 5.73 Å². The average Bonchev–Trinajstić information content (AvgIpc) is 2.47. The van der Waals surface area contributed by atoms with Gasteiger partial charge in [0, 0.05) is 24.7 Å². The van der Waals surface area contributed by atoms with Crippen molar-refractivity contribution in [1.82, 2.24) is 4.98 Å². The molecule has 1 aromatic rings. The van der Waals surface area contributed by atoms with Gasteiger partial charge in [-0.3, -0.25) is 9.59 Å². The summed E-state index contributed by atoms with van der Waals surface area (Å²) in [6.45, 7) is 3.14. The molecule has 0 fully saturated rings. The Labute approximate surface area is 76.1 Å². The van der Waals surface area contributed by atoms with E-state index in [0.717, 1.165) is 0 Å². The van der Waals surface area contributed by atoms with Gasteiger partial charge >= 0.3 is 0 Å². The molecule has 4 nitrogen and oxygen atoms in total. The molecule has 0 spiro atoms. The highest BCUT2D eigenvalue weighted by atomic mass is 16.1. The van der Waals surface area contributed by atoms with Gasteiger partial charge in [-0.1, -0.05) is 0 Å². The van der Waals surface area contributed by atoms with Crippen LogP contribution in [0.4, 0.5) is 0 Å². The number of hydrogen-bond donors (Lipinski definition) is 2. The van der Waals surface area contributed by atoms with Gasteiger partial charge in [0.15, 0.2) is 11.6 Å². The average molecular weight is 180 g/mol. The van der Waals surface area contributed by atoms with E-state index in [1.165, 1.54) is 13.8 Å². The van der Waals surface area contributed by atoms with Crippen molar-refractivity contribution in [2.24, 2.45) is 5.73 Å². The summed E-state index contributed by atoms with van der Waals surface area (Å²) in [5, 5.41) is 0. The number of aromatic nitrogens is 1. The molecule has 0 amide bonds. The highest BCUT2D eigenvalue weighted by molar-refractivity contribution is 6.06. The summed E-state index contributed by atoms with van der Waals surface area (Å²) in [6, 6.07) is 1.62. The molecular formula is C9H12N2O2. The molecule has 70 valence electrons. The van der Waals surface area contributed by atoms with Gasteiger partial charge in [-0.15, -0.1) is 0 Å². The Morgan fingerprint density at radius 2 is 2.00 bits per heavy atom. The maximum Gasteiger partial charge on any atom is 0.176 e. The molecule has 3 N–H and O–H groups in total. The fourth-order valence-corrected chi connectivity index (χ4v) is 1.18. The Hall–Kier alpha value is -1.42. The number of hydrogen-bond acceptors (Lipinski definition) is 3. The number of nitrogens with two attached hydrogens (primary N) is 1. The molecule has 13 heavy (non-hydrogen) atoms. The number of H-pyrrole nitrogens is 1. The molecular weight excluding hydrogens is 168 g/mol. The maximum absolute atomic E-state index is 11.1. The summed E-state index contributed by atoms with van der Waals surface area (Å²) in [4.78, 5) is 25.0. The summed E-state index contributed by atoms with van der Waals surface area (Å²) >= 11 is 0. The Bertz CT molecular complexity index is 321. The summed E-state index contributed by atoms with van der Waals surface area (Å²) < 4.78 is 0. The summed E-state index contributed by atoms with van der Waals surface area (Å²) in [6.07, 6.45) is 0. The lowest BCUT2D eigenvalue weighted by atomic mass is 10.1. The molecule has 1 heterocycles. The molecule has 0 aliphatic carbocycles. The van der Waals surface area contributed by atoms with E-state index in [0.29, 0.717) is 23.5 Å². The smallest absolute Gasteiger partial charge is 0.176 e. The highest BCUT2D eigenvalue weighted by Gasteiger charge is 2.14. The largest absolute Gasteiger partial charge is 0.354 e. The molecule has 0 saturated heterocycles. The molecule has 0 aromatic carbocycles. The molecule has 4 heteroatoms. The van der Waals surface area contributed by atoms with E-state index in [-0.39, 0.29) is 11.6 Å². The molecule has 0 atom stereocenters. The van der Waals surface area contributed by atoms with Gasteiger partial charge in [-0.2, -0.15) is 0 Å². The fraction of sp³-hybridized carbons (Fsp3) is 0.333. The first-order chi connectivity index (χ1) is 6.06. The van der Waals surface area contributed by atoms with Crippen LogP contribution in [-0.2, 0) is 6.54 Å². The second-order valence-electron chi connectivity index (χ2n) is 2.90. The lowest BCUT2D eigenvalue weighted by Gasteiger charge is -1.93. The van der Waals surface area contributed by atoms with Crippen LogP contribution < -0.4 is 5.73 Å². The van der Waals surface area contributed by atoms with E-state index in [9.17, 15) is 9.59 Å². The van der Waals surface area contributed by atoms with Gasteiger partial charge < -0.3 is 10.7 Å². The molecule has 1 aromatic heterocycles. The predicted molar refractivity (Wildman–Crippen MR) is 48.7 cm³/mol. The van der Waals surface area contributed by atoms with Crippen LogP contribution >= 0.6 is 0 Å². The molecule has 0 unspecified atom stereocenters. The van der Waals surface area contributed by atoms with Gasteiger partial charge in [0.25, 0.3) is 0 Å². The van der Waals surface area contributed by atoms with Crippen molar-refractivity contribution in [2.75, 3.05) is 0 Å². The van der Waals surface area contributed by atoms with Crippen molar-refractivity contribution in [3.8, 4) is 0 Å². The zero-order chi connectivity index (χ0) is 10.0. The predicted octanol–water partition coefficient (Wildman–Crippen LogP) is 0.879. The molecule has 0 aliphatic heterocycles. The van der Waals surface area contributed by atoms with E-state index < -0.39 is 0 Å². The van der Waals surface area contributed by atoms with E-state index in [1.54, 1.807) is 6.07 Å². The Balaban J connectivity index is 3.23. The Kier molecular flexibility index (Phi) is 2.63. The lowest BCUT2D eigenvalue weighted by Crippen LogP contribution is -2.01. The number of carbonyl (C=O) groups excluding carboxylic acids is 2. The van der Waals surface area contributed by atoms with Crippen LogP contribution in [0.25, 0.3) is 0 Å². The van der Waals surface area contributed by atoms with E-state index >= 15 is 0 Å². The number of Topliss-reactive ketones (excluding diaryl/α,β-unsaturated/α-hetero) is 2. The number of ketones is 2. The van der Waals surface area contributed by atoms with Crippen molar-refractivity contribution in [3.05, 3.63) is 23.0 Å². The molecule has 0 aliphatic rings. The molecule has 0 radical (unpaired) electrons. The molecule has 0 saturated carbocycles. The van der Waals surface area contributed by atoms with Gasteiger partial charge in [0.05, 0.1) is 5.69 Å². The third-order valence-electron chi connectivity index (χ3n) is 1.82. The Morgan fingerprint density at radius 1 is 1.38 bits per heavy atom. The van der Waals surface area contributed by atoms with Crippen molar-refractivity contribution < 1.29 is 9.59 Å². The normalized spacial score (nSPS) is 10.1. The first kappa shape index (κ1) is 9.67. The third-order valence-corrected chi connectivity index (χ3v) is 1.82. The van der Waals surface area contributed by atoms with Crippen LogP contribution in [0.3, 0.4) is 0 Å². The number of nitrogens with one attached hydrogen (secondary N) is 1. The zero-order valence-electron chi connectivity index (χ0n) is 7.68. The first-order valence-electron chi connectivity index (χ1n) is 4.00. The minimum Gasteiger partial charge on any atom is -0.354 e. The minimum absolute atomic E-state index is 0.124. The fourth-order valence-electron chi connectivity index (χ4n) is 1.18. The maximum atomic E-state index is 11.1. The number of rotatable bonds is 3. The first-order valence-corrected chi connectivity index (χ1v) is 4.00. The van der Waals surface area contributed by atoms with Crippen LogP contribution in [0.5, 0.6) is 0 Å². The van der Waals surface area contributed by atoms with Crippen molar-refractivity contribution in [3.63, 3.8) is 0 Å². The van der Waals surface area contributed by atoms with Gasteiger partial charge in [-0.25, -0.2) is 0 Å². The standard InChI is InChI=1S/C9H12N2O2/c1-5(12)8-3-7(4-10)11-9(8)6(2)13/h3,11H,4,10H2,1-2H3. The van der Waals surface area contributed by atoms with Gasteiger partial charge in [-0.05, 0) is 13.0 Å². The van der Waals surface area contributed by atoms with Gasteiger partial charge in [0.1, 0.15) is 0 Å². The topological polar surface area (TPSA) is 76.0 Å². The quantitative estimate of drug-likeness (QED) is 0.678. The van der Waals surface area contributed by atoms with Crippen molar-refractivity contribution in [1.29, 1.82) is 0 Å². The van der Waals surface area contributed by atoms with Crippen molar-refractivity contribution >= 4 is 11.6 Å². The van der Waals surface area contributed by atoms with Crippen LogP contribution in [0, 0.1) is 0 Å². The van der Waals surface area contributed by atoms with Crippen LogP contribution in [0.15, 0.2) is 6.07 Å². The lowest BCUT2D eigenvalue weighted by molar-refractivity contribution is 0.0978. The highest BCUT2D eigenvalue weighted by Crippen LogP contribution is 2.12. The third kappa shape index (κ3) is 1.84. The van der Waals surface area contributed by atoms with Crippen LogP contribution in [0.1, 0.15) is 40.4 Å². The second kappa shape index (κ2) is 3.53. The zero-order valence-corrected chi connectivity index (χ0v) is 7.68. The number of carbonyl (C=O) groups is 2. The summed E-state index contributed by atoms with van der Waals surface area (Å²) in [5.41, 5.74) is 6.86. The van der Waals surface area contributed by atoms with E-state index in [2.05, 4.69) is 4.98 Å². The summed E-state index contributed by atoms with van der Waals surface area (Å²) in [7, 11) is 0. The van der Waals surface area contributed by atoms with Gasteiger partial charge in [0.2, 0.25) is 0 Å². The SMILES string of the molecule is CC(=O)c1cc(CN)[nH]c1C(C)=O. The molecule has 0 bridgehead atoms. The van der Waals surface area contributed by atoms with Crippen molar-refractivity contribution in [2.45, 2.75) is 20.4 Å². The Morgan fingerprint density at radius 3 is 2.31 bits per heavy atom. The van der Waals surface area contributed by atoms with Crippen LogP contribution in [0.2, 0.25) is 0 Å². The second-order valence-corrected chi connectivity index (χ2v) is 2.90. The minimum atomic E-state index is -0.148.